The van der Waals surface area contributed by atoms with E-state index in [0.29, 0.717) is 6.54 Å². The van der Waals surface area contributed by atoms with Gasteiger partial charge in [0.25, 0.3) is 0 Å². The summed E-state index contributed by atoms with van der Waals surface area (Å²) >= 11 is 1.45. The first-order valence-electron chi connectivity index (χ1n) is 8.16. The maximum Gasteiger partial charge on any atom is 0.226 e. The number of ether oxygens (including phenoxy) is 1. The van der Waals surface area contributed by atoms with Crippen molar-refractivity contribution in [2.45, 2.75) is 19.9 Å². The molecule has 0 saturated heterocycles. The van der Waals surface area contributed by atoms with E-state index >= 15 is 0 Å². The zero-order chi connectivity index (χ0) is 18.4. The number of rotatable bonds is 7. The fourth-order valence-corrected chi connectivity index (χ4v) is 3.09. The van der Waals surface area contributed by atoms with Gasteiger partial charge in [-0.1, -0.05) is 12.1 Å². The molecule has 0 bridgehead atoms. The average Bonchev–Trinajstić information content (AvgIpc) is 3.07. The molecule has 0 aliphatic rings. The summed E-state index contributed by atoms with van der Waals surface area (Å²) in [5.41, 5.74) is 2.84. The number of methoxy groups -OCH3 is 1. The lowest BCUT2D eigenvalue weighted by Gasteiger charge is -2.06. The first kappa shape index (κ1) is 17.9. The van der Waals surface area contributed by atoms with Crippen LogP contribution in [0.3, 0.4) is 0 Å². The van der Waals surface area contributed by atoms with Crippen LogP contribution in [0.5, 0.6) is 5.75 Å². The molecule has 3 rings (SSSR count). The Bertz CT molecular complexity index is 895. The van der Waals surface area contributed by atoms with Gasteiger partial charge in [0, 0.05) is 18.1 Å². The molecule has 0 saturated carbocycles. The van der Waals surface area contributed by atoms with Gasteiger partial charge in [-0.15, -0.1) is 11.3 Å². The molecule has 2 aromatic heterocycles. The van der Waals surface area contributed by atoms with Crippen LogP contribution >= 0.6 is 11.3 Å². The largest absolute Gasteiger partial charge is 0.497 e. The second-order valence-corrected chi connectivity index (χ2v) is 6.65. The molecule has 0 unspecified atom stereocenters. The summed E-state index contributed by atoms with van der Waals surface area (Å²) in [7, 11) is 1.62. The second-order valence-electron chi connectivity index (χ2n) is 5.79. The second kappa shape index (κ2) is 8.44. The first-order chi connectivity index (χ1) is 12.6. The Balaban J connectivity index is 1.52. The molecule has 2 N–H and O–H groups in total. The highest BCUT2D eigenvalue weighted by molar-refractivity contribution is 7.13. The van der Waals surface area contributed by atoms with Crippen LogP contribution in [0.15, 0.2) is 48.0 Å². The Kier molecular flexibility index (Phi) is 5.80. The monoisotopic (exact) mass is 368 g/mol. The molecular weight excluding hydrogens is 348 g/mol. The number of aryl methyl sites for hydroxylation is 1. The highest BCUT2D eigenvalue weighted by atomic mass is 32.1. The van der Waals surface area contributed by atoms with Crippen LogP contribution in [-0.2, 0) is 17.8 Å². The number of hydrogen-bond donors (Lipinski definition) is 2. The van der Waals surface area contributed by atoms with E-state index in [1.54, 1.807) is 13.3 Å². The van der Waals surface area contributed by atoms with Crippen molar-refractivity contribution in [2.24, 2.45) is 0 Å². The van der Waals surface area contributed by atoms with E-state index in [2.05, 4.69) is 20.6 Å². The lowest BCUT2D eigenvalue weighted by atomic mass is 10.2. The van der Waals surface area contributed by atoms with Crippen molar-refractivity contribution in [1.82, 2.24) is 15.3 Å². The van der Waals surface area contributed by atoms with E-state index in [1.165, 1.54) is 11.3 Å². The Morgan fingerprint density at radius 1 is 1.27 bits per heavy atom. The standard InChI is InChI=1S/C19H20N4O2S/c1-13-6-7-20-17(8-13)23-19-22-15(12-26-19)10-18(24)21-11-14-4-3-5-16(9-14)25-2/h3-9,12H,10-11H2,1-2H3,(H,21,24)(H,20,22,23). The van der Waals surface area contributed by atoms with E-state index in [0.717, 1.165) is 33.5 Å². The minimum Gasteiger partial charge on any atom is -0.497 e. The van der Waals surface area contributed by atoms with Gasteiger partial charge in [0.15, 0.2) is 5.13 Å². The van der Waals surface area contributed by atoms with Crippen LogP contribution in [0.25, 0.3) is 0 Å². The number of pyridine rings is 1. The van der Waals surface area contributed by atoms with Gasteiger partial charge >= 0.3 is 0 Å². The SMILES string of the molecule is COc1cccc(CNC(=O)Cc2csc(Nc3cc(C)ccn3)n2)c1. The smallest absolute Gasteiger partial charge is 0.226 e. The molecule has 0 atom stereocenters. The number of thiazole rings is 1. The summed E-state index contributed by atoms with van der Waals surface area (Å²) in [6.07, 6.45) is 1.99. The molecule has 0 radical (unpaired) electrons. The van der Waals surface area contributed by atoms with Crippen LogP contribution < -0.4 is 15.4 Å². The van der Waals surface area contributed by atoms with Gasteiger partial charge in [0.2, 0.25) is 5.91 Å². The molecule has 0 spiro atoms. The minimum absolute atomic E-state index is 0.0710. The third kappa shape index (κ3) is 5.03. The lowest BCUT2D eigenvalue weighted by molar-refractivity contribution is -0.120. The molecule has 7 heteroatoms. The highest BCUT2D eigenvalue weighted by Crippen LogP contribution is 2.20. The zero-order valence-corrected chi connectivity index (χ0v) is 15.5. The third-order valence-corrected chi connectivity index (χ3v) is 4.47. The van der Waals surface area contributed by atoms with Gasteiger partial charge < -0.3 is 15.4 Å². The number of aromatic nitrogens is 2. The molecule has 0 fully saturated rings. The normalized spacial score (nSPS) is 10.4. The molecule has 6 nitrogen and oxygen atoms in total. The molecule has 1 aromatic carbocycles. The van der Waals surface area contributed by atoms with Gasteiger partial charge in [0.05, 0.1) is 19.2 Å². The molecule has 3 aromatic rings. The zero-order valence-electron chi connectivity index (χ0n) is 14.7. The Hall–Kier alpha value is -2.93. The third-order valence-electron chi connectivity index (χ3n) is 3.67. The van der Waals surface area contributed by atoms with Crippen molar-refractivity contribution in [3.8, 4) is 5.75 Å². The number of amides is 1. The molecule has 0 aliphatic heterocycles. The van der Waals surface area contributed by atoms with Crippen molar-refractivity contribution >= 4 is 28.2 Å². The number of carbonyl (C=O) groups excluding carboxylic acids is 1. The van der Waals surface area contributed by atoms with Crippen molar-refractivity contribution in [2.75, 3.05) is 12.4 Å². The van der Waals surface area contributed by atoms with Gasteiger partial charge in [-0.2, -0.15) is 0 Å². The number of hydrogen-bond acceptors (Lipinski definition) is 6. The summed E-state index contributed by atoms with van der Waals surface area (Å²) in [6, 6.07) is 11.5. The predicted molar refractivity (Wildman–Crippen MR) is 103 cm³/mol. The van der Waals surface area contributed by atoms with E-state index < -0.39 is 0 Å². The van der Waals surface area contributed by atoms with E-state index in [9.17, 15) is 4.79 Å². The fraction of sp³-hybridized carbons (Fsp3) is 0.211. The number of carbonyl (C=O) groups is 1. The summed E-state index contributed by atoms with van der Waals surface area (Å²) in [5, 5.41) is 8.66. The summed E-state index contributed by atoms with van der Waals surface area (Å²) in [6.45, 7) is 2.46. The topological polar surface area (TPSA) is 76.1 Å². The van der Waals surface area contributed by atoms with Crippen LogP contribution in [0, 0.1) is 6.92 Å². The Labute approximate surface area is 156 Å². The van der Waals surface area contributed by atoms with Crippen LogP contribution in [0.4, 0.5) is 10.9 Å². The number of benzene rings is 1. The molecule has 2 heterocycles. The quantitative estimate of drug-likeness (QED) is 0.668. The molecule has 26 heavy (non-hydrogen) atoms. The van der Waals surface area contributed by atoms with Gasteiger partial charge in [-0.05, 0) is 42.3 Å². The number of nitrogens with zero attached hydrogens (tertiary/aromatic N) is 2. The van der Waals surface area contributed by atoms with Crippen LogP contribution in [-0.4, -0.2) is 23.0 Å². The van der Waals surface area contributed by atoms with E-state index in [4.69, 9.17) is 4.74 Å². The summed E-state index contributed by atoms with van der Waals surface area (Å²) < 4.78 is 5.18. The van der Waals surface area contributed by atoms with Crippen molar-refractivity contribution in [1.29, 1.82) is 0 Å². The van der Waals surface area contributed by atoms with Gasteiger partial charge in [-0.25, -0.2) is 9.97 Å². The number of anilines is 2. The number of nitrogens with one attached hydrogen (secondary N) is 2. The van der Waals surface area contributed by atoms with E-state index in [1.807, 2.05) is 48.7 Å². The van der Waals surface area contributed by atoms with Crippen LogP contribution in [0.1, 0.15) is 16.8 Å². The summed E-state index contributed by atoms with van der Waals surface area (Å²) in [4.78, 5) is 20.8. The van der Waals surface area contributed by atoms with Crippen LogP contribution in [0.2, 0.25) is 0 Å². The predicted octanol–water partition coefficient (Wildman–Crippen LogP) is 3.46. The van der Waals surface area contributed by atoms with Gasteiger partial charge in [0.1, 0.15) is 11.6 Å². The first-order valence-corrected chi connectivity index (χ1v) is 9.04. The van der Waals surface area contributed by atoms with Crippen molar-refractivity contribution in [3.63, 3.8) is 0 Å². The lowest BCUT2D eigenvalue weighted by Crippen LogP contribution is -2.24. The molecular formula is C19H20N4O2S. The van der Waals surface area contributed by atoms with Crippen molar-refractivity contribution in [3.05, 3.63) is 64.8 Å². The molecule has 1 amide bonds. The molecule has 0 aliphatic carbocycles. The minimum atomic E-state index is -0.0710. The average molecular weight is 368 g/mol. The summed E-state index contributed by atoms with van der Waals surface area (Å²) in [5.74, 6) is 1.45. The fourth-order valence-electron chi connectivity index (χ4n) is 2.37. The van der Waals surface area contributed by atoms with Crippen molar-refractivity contribution < 1.29 is 9.53 Å². The van der Waals surface area contributed by atoms with Gasteiger partial charge in [-0.3, -0.25) is 4.79 Å². The van der Waals surface area contributed by atoms with E-state index in [-0.39, 0.29) is 12.3 Å². The highest BCUT2D eigenvalue weighted by Gasteiger charge is 2.08. The Morgan fingerprint density at radius 3 is 2.96 bits per heavy atom. The maximum atomic E-state index is 12.1. The maximum absolute atomic E-state index is 12.1. The Morgan fingerprint density at radius 2 is 2.15 bits per heavy atom. The molecule has 134 valence electrons.